The van der Waals surface area contributed by atoms with E-state index in [0.717, 1.165) is 25.1 Å². The smallest absolute Gasteiger partial charge is 0.295 e. The van der Waals surface area contributed by atoms with Gasteiger partial charge < -0.3 is 24.4 Å². The third kappa shape index (κ3) is 6.03. The minimum Gasteiger partial charge on any atom is -0.507 e. The van der Waals surface area contributed by atoms with E-state index in [1.54, 1.807) is 29.2 Å². The fourth-order valence-corrected chi connectivity index (χ4v) is 4.27. The van der Waals surface area contributed by atoms with E-state index in [0.29, 0.717) is 43.4 Å². The molecule has 1 aliphatic rings. The Bertz CT molecular complexity index is 1040. The number of ketones is 1. The number of carbonyl (C=O) groups excluding carboxylic acids is 2. The SMILES string of the molecule is CCCOc1cccc(/C(O)=C2\C(=O)C(=O)N(CCN(CC)CC)C2c2ccc(OCC)cc2)c1. The number of likely N-dealkylation sites (tertiary alicyclic amines) is 1. The zero-order chi connectivity index (χ0) is 25.4. The van der Waals surface area contributed by atoms with Crippen molar-refractivity contribution in [1.29, 1.82) is 0 Å². The van der Waals surface area contributed by atoms with Gasteiger partial charge in [0.25, 0.3) is 11.7 Å². The van der Waals surface area contributed by atoms with E-state index < -0.39 is 17.7 Å². The normalized spacial score (nSPS) is 17.3. The number of hydrogen-bond acceptors (Lipinski definition) is 6. The molecule has 0 radical (unpaired) electrons. The second kappa shape index (κ2) is 12.4. The van der Waals surface area contributed by atoms with Crippen LogP contribution in [0.3, 0.4) is 0 Å². The van der Waals surface area contributed by atoms with E-state index in [2.05, 4.69) is 18.7 Å². The maximum absolute atomic E-state index is 13.2. The third-order valence-corrected chi connectivity index (χ3v) is 6.18. The van der Waals surface area contributed by atoms with Crippen LogP contribution < -0.4 is 9.47 Å². The molecule has 0 bridgehead atoms. The lowest BCUT2D eigenvalue weighted by Crippen LogP contribution is -2.38. The molecule has 1 saturated heterocycles. The molecule has 2 aromatic rings. The van der Waals surface area contributed by atoms with E-state index >= 15 is 0 Å². The molecule has 1 heterocycles. The Hall–Kier alpha value is -3.32. The van der Waals surface area contributed by atoms with Crippen LogP contribution in [0.4, 0.5) is 0 Å². The van der Waals surface area contributed by atoms with Crippen molar-refractivity contribution in [3.63, 3.8) is 0 Å². The maximum Gasteiger partial charge on any atom is 0.295 e. The van der Waals surface area contributed by atoms with Crippen molar-refractivity contribution in [1.82, 2.24) is 9.80 Å². The van der Waals surface area contributed by atoms with E-state index in [4.69, 9.17) is 9.47 Å². The summed E-state index contributed by atoms with van der Waals surface area (Å²) in [6.45, 7) is 11.8. The lowest BCUT2D eigenvalue weighted by atomic mass is 9.95. The molecule has 1 amide bonds. The number of benzene rings is 2. The number of amides is 1. The van der Waals surface area contributed by atoms with E-state index in [-0.39, 0.29) is 11.3 Å². The molecule has 2 aromatic carbocycles. The van der Waals surface area contributed by atoms with Crippen molar-refractivity contribution in [3.05, 3.63) is 65.2 Å². The lowest BCUT2D eigenvalue weighted by molar-refractivity contribution is -0.140. The van der Waals surface area contributed by atoms with Gasteiger partial charge in [-0.25, -0.2) is 0 Å². The Balaban J connectivity index is 2.06. The van der Waals surface area contributed by atoms with Gasteiger partial charge in [-0.15, -0.1) is 0 Å². The fourth-order valence-electron chi connectivity index (χ4n) is 4.27. The Morgan fingerprint density at radius 3 is 2.31 bits per heavy atom. The summed E-state index contributed by atoms with van der Waals surface area (Å²) in [6.07, 6.45) is 0.853. The molecule has 0 spiro atoms. The summed E-state index contributed by atoms with van der Waals surface area (Å²) < 4.78 is 11.3. The topological polar surface area (TPSA) is 79.3 Å². The zero-order valence-corrected chi connectivity index (χ0v) is 21.1. The highest BCUT2D eigenvalue weighted by atomic mass is 16.5. The van der Waals surface area contributed by atoms with Crippen molar-refractivity contribution >= 4 is 17.4 Å². The summed E-state index contributed by atoms with van der Waals surface area (Å²) in [6, 6.07) is 13.6. The average molecular weight is 481 g/mol. The average Bonchev–Trinajstić information content (AvgIpc) is 3.13. The first-order valence-corrected chi connectivity index (χ1v) is 12.4. The van der Waals surface area contributed by atoms with E-state index in [9.17, 15) is 14.7 Å². The van der Waals surface area contributed by atoms with E-state index in [1.807, 2.05) is 38.1 Å². The highest BCUT2D eigenvalue weighted by molar-refractivity contribution is 6.46. The summed E-state index contributed by atoms with van der Waals surface area (Å²) in [5, 5.41) is 11.3. The molecule has 35 heavy (non-hydrogen) atoms. The molecular weight excluding hydrogens is 444 g/mol. The largest absolute Gasteiger partial charge is 0.507 e. The number of Topliss-reactive ketones (excluding diaryl/α,β-unsaturated/α-hetero) is 1. The van der Waals surface area contributed by atoms with Crippen LogP contribution in [0.15, 0.2) is 54.1 Å². The van der Waals surface area contributed by atoms with Gasteiger partial charge in [0, 0.05) is 18.7 Å². The quantitative estimate of drug-likeness (QED) is 0.271. The first-order chi connectivity index (χ1) is 16.9. The standard InChI is InChI=1S/C28H36N2O5/c1-5-18-35-23-11-9-10-21(19-23)26(31)24-25(20-12-14-22(15-13-20)34-8-4)30(28(33)27(24)32)17-16-29(6-2)7-3/h9-15,19,25,31H,5-8,16-18H2,1-4H3/b26-24+. The predicted octanol–water partition coefficient (Wildman–Crippen LogP) is 4.64. The van der Waals surface area contributed by atoms with Crippen molar-refractivity contribution in [3.8, 4) is 11.5 Å². The van der Waals surface area contributed by atoms with Crippen LogP contribution >= 0.6 is 0 Å². The molecule has 7 nitrogen and oxygen atoms in total. The molecule has 188 valence electrons. The van der Waals surface area contributed by atoms with Gasteiger partial charge >= 0.3 is 0 Å². The summed E-state index contributed by atoms with van der Waals surface area (Å²) in [7, 11) is 0. The number of aliphatic hydroxyl groups excluding tert-OH is 1. The minimum atomic E-state index is -0.693. The molecule has 0 aliphatic carbocycles. The molecule has 1 atom stereocenters. The highest BCUT2D eigenvalue weighted by Gasteiger charge is 2.46. The van der Waals surface area contributed by atoms with Crippen molar-refractivity contribution < 1.29 is 24.2 Å². The first-order valence-electron chi connectivity index (χ1n) is 12.4. The van der Waals surface area contributed by atoms with Crippen LogP contribution in [0.25, 0.3) is 5.76 Å². The van der Waals surface area contributed by atoms with Crippen molar-refractivity contribution in [2.24, 2.45) is 0 Å². The Morgan fingerprint density at radius 1 is 0.971 bits per heavy atom. The molecule has 0 aromatic heterocycles. The molecule has 1 unspecified atom stereocenters. The molecule has 0 saturated carbocycles. The number of ether oxygens (including phenoxy) is 2. The number of nitrogens with zero attached hydrogens (tertiary/aromatic N) is 2. The highest BCUT2D eigenvalue weighted by Crippen LogP contribution is 2.40. The van der Waals surface area contributed by atoms with Gasteiger partial charge in [-0.3, -0.25) is 9.59 Å². The van der Waals surface area contributed by atoms with Crippen LogP contribution in [0.2, 0.25) is 0 Å². The number of hydrogen-bond donors (Lipinski definition) is 1. The molecule has 7 heteroatoms. The van der Waals surface area contributed by atoms with Crippen LogP contribution in [0.5, 0.6) is 11.5 Å². The van der Waals surface area contributed by atoms with Gasteiger partial charge in [0.15, 0.2) is 0 Å². The lowest BCUT2D eigenvalue weighted by Gasteiger charge is -2.28. The number of likely N-dealkylation sites (N-methyl/N-ethyl adjacent to an activating group) is 1. The van der Waals surface area contributed by atoms with Crippen LogP contribution in [-0.2, 0) is 9.59 Å². The second-order valence-corrected chi connectivity index (χ2v) is 8.40. The van der Waals surface area contributed by atoms with Gasteiger partial charge in [-0.05, 0) is 56.3 Å². The fraction of sp³-hybridized carbons (Fsp3) is 0.429. The molecule has 3 rings (SSSR count). The molecule has 1 N–H and O–H groups in total. The summed E-state index contributed by atoms with van der Waals surface area (Å²) in [5.74, 6) is -0.173. The van der Waals surface area contributed by atoms with Gasteiger partial charge in [-0.1, -0.05) is 45.0 Å². The van der Waals surface area contributed by atoms with Crippen LogP contribution in [-0.4, -0.2) is 66.0 Å². The molecular formula is C28H36N2O5. The monoisotopic (exact) mass is 480 g/mol. The Kier molecular flexibility index (Phi) is 9.32. The van der Waals surface area contributed by atoms with Gasteiger partial charge in [0.2, 0.25) is 0 Å². The second-order valence-electron chi connectivity index (χ2n) is 8.40. The zero-order valence-electron chi connectivity index (χ0n) is 21.1. The van der Waals surface area contributed by atoms with Crippen LogP contribution in [0, 0.1) is 0 Å². The van der Waals surface area contributed by atoms with Gasteiger partial charge in [0.05, 0.1) is 24.8 Å². The minimum absolute atomic E-state index is 0.0892. The van der Waals surface area contributed by atoms with E-state index in [1.165, 1.54) is 0 Å². The van der Waals surface area contributed by atoms with Crippen molar-refractivity contribution in [2.75, 3.05) is 39.4 Å². The maximum atomic E-state index is 13.2. The van der Waals surface area contributed by atoms with Gasteiger partial charge in [0.1, 0.15) is 17.3 Å². The van der Waals surface area contributed by atoms with Crippen LogP contribution in [0.1, 0.15) is 51.3 Å². The summed E-state index contributed by atoms with van der Waals surface area (Å²) >= 11 is 0. The molecule has 1 aliphatic heterocycles. The Labute approximate surface area is 207 Å². The van der Waals surface area contributed by atoms with Crippen molar-refractivity contribution in [2.45, 2.75) is 40.2 Å². The third-order valence-electron chi connectivity index (χ3n) is 6.18. The Morgan fingerprint density at radius 2 is 1.69 bits per heavy atom. The summed E-state index contributed by atoms with van der Waals surface area (Å²) in [5.41, 5.74) is 1.27. The summed E-state index contributed by atoms with van der Waals surface area (Å²) in [4.78, 5) is 30.2. The number of carbonyl (C=O) groups is 2. The predicted molar refractivity (Wildman–Crippen MR) is 137 cm³/mol. The number of rotatable bonds is 12. The molecule has 1 fully saturated rings. The number of aliphatic hydroxyl groups is 1. The van der Waals surface area contributed by atoms with Gasteiger partial charge in [-0.2, -0.15) is 0 Å². The first kappa shape index (κ1) is 26.3.